The number of amides is 2. The van der Waals surface area contributed by atoms with Gasteiger partial charge in [0.25, 0.3) is 0 Å². The molecule has 2 atom stereocenters. The number of carbonyl (C=O) groups is 1. The van der Waals surface area contributed by atoms with Crippen LogP contribution in [0.5, 0.6) is 5.75 Å². The molecule has 128 valence electrons. The molecular formula is C18H21ClN2O3. The normalized spacial score (nSPS) is 13.0. The van der Waals surface area contributed by atoms with Gasteiger partial charge in [-0.3, -0.25) is 0 Å². The Labute approximate surface area is 146 Å². The van der Waals surface area contributed by atoms with Crippen LogP contribution < -0.4 is 10.1 Å². The van der Waals surface area contributed by atoms with Crippen molar-refractivity contribution in [3.8, 4) is 5.75 Å². The van der Waals surface area contributed by atoms with Gasteiger partial charge in [0.15, 0.2) is 0 Å². The third-order valence-electron chi connectivity index (χ3n) is 3.47. The van der Waals surface area contributed by atoms with Gasteiger partial charge >= 0.3 is 6.03 Å². The summed E-state index contributed by atoms with van der Waals surface area (Å²) in [5, 5.41) is 13.8. The van der Waals surface area contributed by atoms with E-state index >= 15 is 0 Å². The van der Waals surface area contributed by atoms with E-state index in [4.69, 9.17) is 16.3 Å². The van der Waals surface area contributed by atoms with E-state index in [1.165, 1.54) is 4.90 Å². The molecule has 2 N–H and O–H groups in total. The lowest BCUT2D eigenvalue weighted by Crippen LogP contribution is -2.27. The summed E-state index contributed by atoms with van der Waals surface area (Å²) in [7, 11) is 3.33. The highest BCUT2D eigenvalue weighted by atomic mass is 35.5. The van der Waals surface area contributed by atoms with Crippen molar-refractivity contribution in [3.63, 3.8) is 0 Å². The van der Waals surface area contributed by atoms with Gasteiger partial charge in [-0.05, 0) is 36.8 Å². The Bertz CT molecular complexity index is 689. The number of nitrogens with one attached hydrogen (secondary N) is 1. The number of hydrogen-bond donors (Lipinski definition) is 2. The van der Waals surface area contributed by atoms with Crippen molar-refractivity contribution in [2.45, 2.75) is 19.1 Å². The van der Waals surface area contributed by atoms with E-state index in [2.05, 4.69) is 5.32 Å². The SMILES string of the molecule is CC(Oc1cccc(NC(=O)N(C)C)c1)C(O)c1ccc(Cl)cc1. The number of benzene rings is 2. The molecule has 0 saturated heterocycles. The van der Waals surface area contributed by atoms with Crippen LogP contribution in [0.4, 0.5) is 10.5 Å². The van der Waals surface area contributed by atoms with Gasteiger partial charge in [-0.25, -0.2) is 4.79 Å². The standard InChI is InChI=1S/C18H21ClN2O3/c1-12(17(22)13-7-9-14(19)10-8-13)24-16-6-4-5-15(11-16)20-18(23)21(2)3/h4-12,17,22H,1-3H3,(H,20,23). The van der Waals surface area contributed by atoms with E-state index in [1.807, 2.05) is 0 Å². The predicted molar refractivity (Wildman–Crippen MR) is 95.6 cm³/mol. The maximum absolute atomic E-state index is 11.7. The molecule has 2 aromatic rings. The number of hydrogen-bond acceptors (Lipinski definition) is 3. The molecule has 5 nitrogen and oxygen atoms in total. The Balaban J connectivity index is 2.04. The summed E-state index contributed by atoms with van der Waals surface area (Å²) in [5.41, 5.74) is 1.35. The van der Waals surface area contributed by atoms with Gasteiger partial charge in [0.05, 0.1) is 0 Å². The summed E-state index contributed by atoms with van der Waals surface area (Å²) in [5.74, 6) is 0.562. The maximum atomic E-state index is 11.7. The number of ether oxygens (including phenoxy) is 1. The van der Waals surface area contributed by atoms with Crippen molar-refractivity contribution in [2.75, 3.05) is 19.4 Å². The molecule has 2 amide bonds. The predicted octanol–water partition coefficient (Wildman–Crippen LogP) is 3.93. The number of aliphatic hydroxyl groups excluding tert-OH is 1. The molecule has 0 aromatic heterocycles. The van der Waals surface area contributed by atoms with E-state index in [1.54, 1.807) is 69.6 Å². The highest BCUT2D eigenvalue weighted by Gasteiger charge is 2.18. The fraction of sp³-hybridized carbons (Fsp3) is 0.278. The second kappa shape index (κ2) is 8.04. The lowest BCUT2D eigenvalue weighted by molar-refractivity contribution is 0.0468. The van der Waals surface area contributed by atoms with Crippen LogP contribution in [-0.4, -0.2) is 36.2 Å². The molecule has 0 saturated carbocycles. The number of halogens is 1. The molecule has 0 bridgehead atoms. The number of rotatable bonds is 5. The van der Waals surface area contributed by atoms with Crippen molar-refractivity contribution in [2.24, 2.45) is 0 Å². The first kappa shape index (κ1) is 18.1. The minimum Gasteiger partial charge on any atom is -0.488 e. The molecule has 24 heavy (non-hydrogen) atoms. The Hall–Kier alpha value is -2.24. The van der Waals surface area contributed by atoms with E-state index in [0.29, 0.717) is 16.5 Å². The van der Waals surface area contributed by atoms with E-state index in [9.17, 15) is 9.90 Å². The molecule has 0 aliphatic rings. The van der Waals surface area contributed by atoms with Crippen LogP contribution in [0.25, 0.3) is 0 Å². The number of anilines is 1. The van der Waals surface area contributed by atoms with Gasteiger partial charge in [-0.1, -0.05) is 29.8 Å². The zero-order valence-corrected chi connectivity index (χ0v) is 14.6. The monoisotopic (exact) mass is 348 g/mol. The van der Waals surface area contributed by atoms with E-state index in [0.717, 1.165) is 5.56 Å². The Morgan fingerprint density at radius 1 is 1.21 bits per heavy atom. The lowest BCUT2D eigenvalue weighted by Gasteiger charge is -2.21. The lowest BCUT2D eigenvalue weighted by atomic mass is 10.1. The molecule has 0 aliphatic carbocycles. The van der Waals surface area contributed by atoms with Gasteiger partial charge < -0.3 is 20.1 Å². The van der Waals surface area contributed by atoms with E-state index in [-0.39, 0.29) is 6.03 Å². The van der Waals surface area contributed by atoms with Crippen LogP contribution >= 0.6 is 11.6 Å². The van der Waals surface area contributed by atoms with Gasteiger partial charge in [0.1, 0.15) is 18.0 Å². The van der Waals surface area contributed by atoms with Crippen LogP contribution in [0, 0.1) is 0 Å². The fourth-order valence-electron chi connectivity index (χ4n) is 2.09. The van der Waals surface area contributed by atoms with Crippen molar-refractivity contribution in [1.82, 2.24) is 4.90 Å². The molecule has 0 radical (unpaired) electrons. The summed E-state index contributed by atoms with van der Waals surface area (Å²) in [6, 6.07) is 13.8. The van der Waals surface area contributed by atoms with Gasteiger partial charge in [0, 0.05) is 30.9 Å². The third-order valence-corrected chi connectivity index (χ3v) is 3.72. The van der Waals surface area contributed by atoms with Crippen molar-refractivity contribution >= 4 is 23.3 Å². The van der Waals surface area contributed by atoms with Crippen LogP contribution in [0.15, 0.2) is 48.5 Å². The van der Waals surface area contributed by atoms with Crippen molar-refractivity contribution in [1.29, 1.82) is 0 Å². The van der Waals surface area contributed by atoms with Crippen molar-refractivity contribution < 1.29 is 14.6 Å². The molecule has 2 aromatic carbocycles. The highest BCUT2D eigenvalue weighted by molar-refractivity contribution is 6.30. The molecular weight excluding hydrogens is 328 g/mol. The van der Waals surface area contributed by atoms with Crippen molar-refractivity contribution in [3.05, 3.63) is 59.1 Å². The first-order valence-corrected chi connectivity index (χ1v) is 7.93. The first-order chi connectivity index (χ1) is 11.4. The number of nitrogens with zero attached hydrogens (tertiary/aromatic N) is 1. The van der Waals surface area contributed by atoms with Crippen LogP contribution in [0.1, 0.15) is 18.6 Å². The molecule has 0 spiro atoms. The molecule has 2 rings (SSSR count). The average molecular weight is 349 g/mol. The Morgan fingerprint density at radius 2 is 1.88 bits per heavy atom. The Morgan fingerprint density at radius 3 is 2.50 bits per heavy atom. The zero-order valence-electron chi connectivity index (χ0n) is 13.9. The fourth-order valence-corrected chi connectivity index (χ4v) is 2.22. The maximum Gasteiger partial charge on any atom is 0.321 e. The third kappa shape index (κ3) is 4.88. The smallest absolute Gasteiger partial charge is 0.321 e. The summed E-state index contributed by atoms with van der Waals surface area (Å²) in [6.45, 7) is 1.78. The van der Waals surface area contributed by atoms with Crippen LogP contribution in [0.3, 0.4) is 0 Å². The number of aliphatic hydroxyl groups is 1. The summed E-state index contributed by atoms with van der Waals surface area (Å²) < 4.78 is 5.80. The van der Waals surface area contributed by atoms with Gasteiger partial charge in [0.2, 0.25) is 0 Å². The van der Waals surface area contributed by atoms with Gasteiger partial charge in [-0.2, -0.15) is 0 Å². The van der Waals surface area contributed by atoms with Crippen LogP contribution in [0.2, 0.25) is 5.02 Å². The second-order valence-corrected chi connectivity index (χ2v) is 6.11. The topological polar surface area (TPSA) is 61.8 Å². The minimum atomic E-state index is -0.790. The Kier molecular flexibility index (Phi) is 6.06. The highest BCUT2D eigenvalue weighted by Crippen LogP contribution is 2.25. The summed E-state index contributed by atoms with van der Waals surface area (Å²) >= 11 is 5.86. The summed E-state index contributed by atoms with van der Waals surface area (Å²) in [4.78, 5) is 13.1. The average Bonchev–Trinajstić information content (AvgIpc) is 2.55. The minimum absolute atomic E-state index is 0.221. The molecule has 0 heterocycles. The second-order valence-electron chi connectivity index (χ2n) is 5.67. The van der Waals surface area contributed by atoms with Gasteiger partial charge in [-0.15, -0.1) is 0 Å². The largest absolute Gasteiger partial charge is 0.488 e. The van der Waals surface area contributed by atoms with Crippen LogP contribution in [-0.2, 0) is 0 Å². The number of urea groups is 1. The molecule has 6 heteroatoms. The summed E-state index contributed by atoms with van der Waals surface area (Å²) in [6.07, 6.45) is -1.26. The van der Waals surface area contributed by atoms with E-state index < -0.39 is 12.2 Å². The molecule has 0 aliphatic heterocycles. The number of carbonyl (C=O) groups excluding carboxylic acids is 1. The quantitative estimate of drug-likeness (QED) is 0.860. The first-order valence-electron chi connectivity index (χ1n) is 7.55. The zero-order chi connectivity index (χ0) is 17.7. The molecule has 2 unspecified atom stereocenters. The molecule has 0 fully saturated rings.